The number of carbonyl (C=O) groups is 2. The molecule has 1 N–H and O–H groups in total. The molecule has 0 aromatic heterocycles. The molecule has 3 aromatic rings. The van der Waals surface area contributed by atoms with Crippen LogP contribution in [0.25, 0.3) is 0 Å². The van der Waals surface area contributed by atoms with Crippen molar-refractivity contribution in [2.45, 2.75) is 38.8 Å². The quantitative estimate of drug-likeness (QED) is 0.346. The van der Waals surface area contributed by atoms with Crippen molar-refractivity contribution in [3.8, 4) is 11.5 Å². The summed E-state index contributed by atoms with van der Waals surface area (Å²) in [6.45, 7) is 2.67. The SMILES string of the molecule is CCCC(=O)N(Cc1ccc(Cl)cc1)[C@H](C(=O)NCCc1ccc(OC)c(OC)c1)c1ccccc1. The molecule has 0 aliphatic carbocycles. The van der Waals surface area contributed by atoms with Gasteiger partial charge in [-0.3, -0.25) is 9.59 Å². The minimum absolute atomic E-state index is 0.0728. The van der Waals surface area contributed by atoms with Gasteiger partial charge in [-0.2, -0.15) is 0 Å². The van der Waals surface area contributed by atoms with Crippen molar-refractivity contribution in [3.63, 3.8) is 0 Å². The number of amides is 2. The van der Waals surface area contributed by atoms with Gasteiger partial charge in [0, 0.05) is 24.5 Å². The van der Waals surface area contributed by atoms with E-state index in [0.29, 0.717) is 48.9 Å². The third-order valence-electron chi connectivity index (χ3n) is 5.89. The van der Waals surface area contributed by atoms with E-state index in [1.54, 1.807) is 31.3 Å². The van der Waals surface area contributed by atoms with Crippen molar-refractivity contribution in [1.82, 2.24) is 10.2 Å². The van der Waals surface area contributed by atoms with E-state index in [4.69, 9.17) is 21.1 Å². The second-order valence-corrected chi connectivity index (χ2v) is 8.88. The number of ether oxygens (including phenoxy) is 2. The first-order valence-corrected chi connectivity index (χ1v) is 12.4. The van der Waals surface area contributed by atoms with Crippen LogP contribution in [0.4, 0.5) is 0 Å². The first kappa shape index (κ1) is 27.1. The molecule has 2 amide bonds. The van der Waals surface area contributed by atoms with Crippen LogP contribution in [-0.2, 0) is 22.6 Å². The van der Waals surface area contributed by atoms with Crippen LogP contribution < -0.4 is 14.8 Å². The Kier molecular flexibility index (Phi) is 10.2. The molecule has 6 nitrogen and oxygen atoms in total. The maximum Gasteiger partial charge on any atom is 0.247 e. The van der Waals surface area contributed by atoms with Gasteiger partial charge in [0.05, 0.1) is 14.2 Å². The summed E-state index contributed by atoms with van der Waals surface area (Å²) in [5.41, 5.74) is 2.67. The summed E-state index contributed by atoms with van der Waals surface area (Å²) in [5.74, 6) is 1.00. The van der Waals surface area contributed by atoms with Crippen LogP contribution in [0.3, 0.4) is 0 Å². The lowest BCUT2D eigenvalue weighted by molar-refractivity contribution is -0.141. The number of hydrogen-bond donors (Lipinski definition) is 1. The number of benzene rings is 3. The van der Waals surface area contributed by atoms with Crippen LogP contribution >= 0.6 is 11.6 Å². The summed E-state index contributed by atoms with van der Waals surface area (Å²) in [6.07, 6.45) is 1.65. The summed E-state index contributed by atoms with van der Waals surface area (Å²) in [4.78, 5) is 28.5. The Hall–Kier alpha value is -3.51. The maximum atomic E-state index is 13.6. The molecular formula is C29H33ClN2O4. The Bertz CT molecular complexity index is 1140. The predicted octanol–water partition coefficient (Wildman–Crippen LogP) is 5.59. The summed E-state index contributed by atoms with van der Waals surface area (Å²) in [7, 11) is 3.19. The van der Waals surface area contributed by atoms with Gasteiger partial charge < -0.3 is 19.7 Å². The first-order valence-electron chi connectivity index (χ1n) is 12.0. The van der Waals surface area contributed by atoms with E-state index in [0.717, 1.165) is 16.7 Å². The minimum atomic E-state index is -0.758. The fourth-order valence-electron chi connectivity index (χ4n) is 4.04. The van der Waals surface area contributed by atoms with Crippen molar-refractivity contribution < 1.29 is 19.1 Å². The molecule has 1 atom stereocenters. The van der Waals surface area contributed by atoms with Crippen LogP contribution in [0.15, 0.2) is 72.8 Å². The van der Waals surface area contributed by atoms with E-state index in [1.807, 2.05) is 67.6 Å². The number of rotatable bonds is 12. The molecule has 190 valence electrons. The standard InChI is InChI=1S/C29H33ClN2O4/c1-4-8-27(33)32(20-22-11-14-24(30)15-12-22)28(23-9-6-5-7-10-23)29(34)31-18-17-21-13-16-25(35-2)26(19-21)36-3/h5-7,9-16,19,28H,4,8,17-18,20H2,1-3H3,(H,31,34)/t28-/m0/s1. The average Bonchev–Trinajstić information content (AvgIpc) is 2.90. The number of halogens is 1. The highest BCUT2D eigenvalue weighted by atomic mass is 35.5. The molecule has 0 spiro atoms. The highest BCUT2D eigenvalue weighted by Gasteiger charge is 2.31. The lowest BCUT2D eigenvalue weighted by Crippen LogP contribution is -2.43. The Morgan fingerprint density at radius 1 is 0.917 bits per heavy atom. The maximum absolute atomic E-state index is 13.6. The normalized spacial score (nSPS) is 11.4. The van der Waals surface area contributed by atoms with Crippen LogP contribution in [0.2, 0.25) is 5.02 Å². The largest absolute Gasteiger partial charge is 0.493 e. The van der Waals surface area contributed by atoms with Crippen LogP contribution in [0, 0.1) is 0 Å². The summed E-state index contributed by atoms with van der Waals surface area (Å²) >= 11 is 6.05. The summed E-state index contributed by atoms with van der Waals surface area (Å²) in [5, 5.41) is 3.67. The smallest absolute Gasteiger partial charge is 0.247 e. The molecule has 0 fully saturated rings. The molecule has 7 heteroatoms. The fraction of sp³-hybridized carbons (Fsp3) is 0.310. The molecular weight excluding hydrogens is 476 g/mol. The van der Waals surface area contributed by atoms with Gasteiger partial charge in [-0.15, -0.1) is 0 Å². The van der Waals surface area contributed by atoms with Gasteiger partial charge >= 0.3 is 0 Å². The molecule has 0 unspecified atom stereocenters. The summed E-state index contributed by atoms with van der Waals surface area (Å²) < 4.78 is 10.7. The lowest BCUT2D eigenvalue weighted by Gasteiger charge is -2.31. The Morgan fingerprint density at radius 3 is 2.22 bits per heavy atom. The number of hydrogen-bond acceptors (Lipinski definition) is 4. The van der Waals surface area contributed by atoms with Crippen molar-refractivity contribution in [2.24, 2.45) is 0 Å². The lowest BCUT2D eigenvalue weighted by atomic mass is 10.0. The van der Waals surface area contributed by atoms with Gasteiger partial charge in [-0.1, -0.05) is 67.1 Å². The zero-order chi connectivity index (χ0) is 25.9. The molecule has 0 radical (unpaired) electrons. The molecule has 0 saturated carbocycles. The third kappa shape index (κ3) is 7.25. The zero-order valence-electron chi connectivity index (χ0n) is 21.0. The van der Waals surface area contributed by atoms with E-state index in [-0.39, 0.29) is 11.8 Å². The Morgan fingerprint density at radius 2 is 1.58 bits per heavy atom. The number of carbonyl (C=O) groups excluding carboxylic acids is 2. The van der Waals surface area contributed by atoms with Gasteiger partial charge in [-0.25, -0.2) is 0 Å². The van der Waals surface area contributed by atoms with Gasteiger partial charge in [-0.05, 0) is 53.8 Å². The van der Waals surface area contributed by atoms with Crippen LogP contribution in [0.5, 0.6) is 11.5 Å². The van der Waals surface area contributed by atoms with E-state index in [1.165, 1.54) is 0 Å². The Balaban J connectivity index is 1.82. The monoisotopic (exact) mass is 508 g/mol. The topological polar surface area (TPSA) is 67.9 Å². The molecule has 0 aliphatic rings. The molecule has 0 heterocycles. The highest BCUT2D eigenvalue weighted by molar-refractivity contribution is 6.30. The highest BCUT2D eigenvalue weighted by Crippen LogP contribution is 2.28. The van der Waals surface area contributed by atoms with Crippen molar-refractivity contribution in [2.75, 3.05) is 20.8 Å². The van der Waals surface area contributed by atoms with Gasteiger partial charge in [0.25, 0.3) is 0 Å². The van der Waals surface area contributed by atoms with Gasteiger partial charge in [0.1, 0.15) is 6.04 Å². The molecule has 3 rings (SSSR count). The molecule has 3 aromatic carbocycles. The van der Waals surface area contributed by atoms with Crippen molar-refractivity contribution in [1.29, 1.82) is 0 Å². The number of methoxy groups -OCH3 is 2. The van der Waals surface area contributed by atoms with Crippen molar-refractivity contribution >= 4 is 23.4 Å². The predicted molar refractivity (Wildman–Crippen MR) is 142 cm³/mol. The molecule has 0 aliphatic heterocycles. The Labute approximate surface area is 218 Å². The second kappa shape index (κ2) is 13.5. The van der Waals surface area contributed by atoms with E-state index in [9.17, 15) is 9.59 Å². The van der Waals surface area contributed by atoms with Crippen molar-refractivity contribution in [3.05, 3.63) is 94.5 Å². The number of nitrogens with one attached hydrogen (secondary N) is 1. The fourth-order valence-corrected chi connectivity index (χ4v) is 4.16. The van der Waals surface area contributed by atoms with Gasteiger partial charge in [0.2, 0.25) is 11.8 Å². The molecule has 0 bridgehead atoms. The first-order chi connectivity index (χ1) is 17.5. The third-order valence-corrected chi connectivity index (χ3v) is 6.14. The minimum Gasteiger partial charge on any atom is -0.493 e. The average molecular weight is 509 g/mol. The van der Waals surface area contributed by atoms with E-state index >= 15 is 0 Å². The van der Waals surface area contributed by atoms with Crippen LogP contribution in [0.1, 0.15) is 42.5 Å². The van der Waals surface area contributed by atoms with E-state index in [2.05, 4.69) is 5.32 Å². The van der Waals surface area contributed by atoms with E-state index < -0.39 is 6.04 Å². The second-order valence-electron chi connectivity index (χ2n) is 8.44. The van der Waals surface area contributed by atoms with Gasteiger partial charge in [0.15, 0.2) is 11.5 Å². The number of nitrogens with zero attached hydrogens (tertiary/aromatic N) is 1. The van der Waals surface area contributed by atoms with Crippen LogP contribution in [-0.4, -0.2) is 37.5 Å². The zero-order valence-corrected chi connectivity index (χ0v) is 21.8. The molecule has 36 heavy (non-hydrogen) atoms. The molecule has 0 saturated heterocycles. The summed E-state index contributed by atoms with van der Waals surface area (Å²) in [6, 6.07) is 21.7.